The number of Topliss-reactive ketones (excluding diaryl/α,β-unsaturated/α-hetero) is 1. The van der Waals surface area contributed by atoms with Gasteiger partial charge in [-0.1, -0.05) is 25.5 Å². The Morgan fingerprint density at radius 2 is 2.24 bits per heavy atom. The molecule has 0 amide bonds. The van der Waals surface area contributed by atoms with E-state index in [1.54, 1.807) is 6.20 Å². The van der Waals surface area contributed by atoms with Gasteiger partial charge in [0.05, 0.1) is 11.9 Å². The average Bonchev–Trinajstić information content (AvgIpc) is 2.76. The summed E-state index contributed by atoms with van der Waals surface area (Å²) >= 11 is 0. The van der Waals surface area contributed by atoms with Crippen LogP contribution >= 0.6 is 0 Å². The van der Waals surface area contributed by atoms with Gasteiger partial charge in [0.15, 0.2) is 0 Å². The Hall–Kier alpha value is -1.19. The molecule has 0 saturated carbocycles. The van der Waals surface area contributed by atoms with E-state index in [9.17, 15) is 4.79 Å². The van der Waals surface area contributed by atoms with E-state index in [1.165, 1.54) is 0 Å². The Balaban J connectivity index is 2.30. The van der Waals surface area contributed by atoms with Crippen molar-refractivity contribution in [3.63, 3.8) is 0 Å². The van der Waals surface area contributed by atoms with Gasteiger partial charge in [-0.15, -0.1) is 5.10 Å². The number of rotatable bonds is 8. The number of aromatic nitrogens is 3. The summed E-state index contributed by atoms with van der Waals surface area (Å²) in [6, 6.07) is 0. The van der Waals surface area contributed by atoms with E-state index in [0.717, 1.165) is 37.9 Å². The van der Waals surface area contributed by atoms with E-state index < -0.39 is 0 Å². The molecule has 4 heteroatoms. The third-order valence-electron chi connectivity index (χ3n) is 3.12. The number of aryl methyl sites for hydroxylation is 2. The van der Waals surface area contributed by atoms with Gasteiger partial charge in [0.1, 0.15) is 5.78 Å². The fraction of sp³-hybridized carbons (Fsp3) is 0.769. The van der Waals surface area contributed by atoms with Gasteiger partial charge in [-0.05, 0) is 26.2 Å². The summed E-state index contributed by atoms with van der Waals surface area (Å²) < 4.78 is 1.89. The molecule has 0 spiro atoms. The first-order valence-electron chi connectivity index (χ1n) is 6.59. The first kappa shape index (κ1) is 13.9. The van der Waals surface area contributed by atoms with Crippen molar-refractivity contribution in [2.24, 2.45) is 5.92 Å². The van der Waals surface area contributed by atoms with E-state index in [1.807, 2.05) is 18.5 Å². The van der Waals surface area contributed by atoms with Crippen LogP contribution in [0.2, 0.25) is 0 Å². The molecular formula is C13H23N3O. The zero-order valence-electron chi connectivity index (χ0n) is 11.1. The van der Waals surface area contributed by atoms with Gasteiger partial charge in [0, 0.05) is 18.9 Å². The monoisotopic (exact) mass is 237 g/mol. The number of ketones is 1. The van der Waals surface area contributed by atoms with Gasteiger partial charge in [0.25, 0.3) is 0 Å². The van der Waals surface area contributed by atoms with Gasteiger partial charge in [0.2, 0.25) is 0 Å². The topological polar surface area (TPSA) is 47.8 Å². The maximum absolute atomic E-state index is 11.8. The second kappa shape index (κ2) is 7.20. The summed E-state index contributed by atoms with van der Waals surface area (Å²) in [6.45, 7) is 7.04. The van der Waals surface area contributed by atoms with Crippen molar-refractivity contribution >= 4 is 5.78 Å². The summed E-state index contributed by atoms with van der Waals surface area (Å²) in [4.78, 5) is 11.8. The summed E-state index contributed by atoms with van der Waals surface area (Å²) in [7, 11) is 0. The minimum atomic E-state index is 0.217. The lowest BCUT2D eigenvalue weighted by molar-refractivity contribution is -0.122. The minimum absolute atomic E-state index is 0.217. The quantitative estimate of drug-likeness (QED) is 0.698. The smallest absolute Gasteiger partial charge is 0.135 e. The van der Waals surface area contributed by atoms with Crippen molar-refractivity contribution in [1.29, 1.82) is 0 Å². The summed E-state index contributed by atoms with van der Waals surface area (Å²) in [5.74, 6) is 0.608. The molecule has 0 aliphatic rings. The summed E-state index contributed by atoms with van der Waals surface area (Å²) in [5.41, 5.74) is 1.13. The van der Waals surface area contributed by atoms with Crippen LogP contribution in [0.1, 0.15) is 52.1 Å². The normalized spacial score (nSPS) is 12.6. The van der Waals surface area contributed by atoms with Gasteiger partial charge in [-0.2, -0.15) is 0 Å². The van der Waals surface area contributed by atoms with Gasteiger partial charge < -0.3 is 0 Å². The van der Waals surface area contributed by atoms with Crippen molar-refractivity contribution in [2.45, 2.75) is 59.4 Å². The Morgan fingerprint density at radius 1 is 1.47 bits per heavy atom. The van der Waals surface area contributed by atoms with E-state index in [4.69, 9.17) is 0 Å². The maximum atomic E-state index is 11.8. The van der Waals surface area contributed by atoms with Gasteiger partial charge >= 0.3 is 0 Å². The largest absolute Gasteiger partial charge is 0.299 e. The Bertz CT molecular complexity index is 346. The number of carbonyl (C=O) groups excluding carboxylic acids is 1. The molecule has 0 bridgehead atoms. The molecule has 1 aromatic heterocycles. The molecule has 96 valence electrons. The molecule has 0 aromatic carbocycles. The molecule has 0 aliphatic carbocycles. The predicted octanol–water partition coefficient (Wildman–Crippen LogP) is 2.63. The summed E-state index contributed by atoms with van der Waals surface area (Å²) in [6.07, 6.45) is 6.36. The fourth-order valence-corrected chi connectivity index (χ4v) is 2.02. The lowest BCUT2D eigenvalue weighted by Gasteiger charge is -2.08. The van der Waals surface area contributed by atoms with Gasteiger partial charge in [-0.3, -0.25) is 4.79 Å². The van der Waals surface area contributed by atoms with E-state index >= 15 is 0 Å². The van der Waals surface area contributed by atoms with Crippen LogP contribution in [0.4, 0.5) is 0 Å². The summed E-state index contributed by atoms with van der Waals surface area (Å²) in [5, 5.41) is 7.86. The molecule has 0 radical (unpaired) electrons. The second-order valence-corrected chi connectivity index (χ2v) is 4.55. The van der Waals surface area contributed by atoms with Crippen LogP contribution in [0, 0.1) is 5.92 Å². The molecule has 1 rings (SSSR count). The molecule has 1 unspecified atom stereocenters. The average molecular weight is 237 g/mol. The highest BCUT2D eigenvalue weighted by Gasteiger charge is 2.11. The minimum Gasteiger partial charge on any atom is -0.299 e. The SMILES string of the molecule is CCCC(C)C(=O)CCCc1cnnn1CC. The van der Waals surface area contributed by atoms with E-state index in [0.29, 0.717) is 12.2 Å². The first-order valence-corrected chi connectivity index (χ1v) is 6.59. The third kappa shape index (κ3) is 4.29. The molecule has 1 atom stereocenters. The van der Waals surface area contributed by atoms with Crippen LogP contribution < -0.4 is 0 Å². The van der Waals surface area contributed by atoms with E-state index in [-0.39, 0.29) is 5.92 Å². The fourth-order valence-electron chi connectivity index (χ4n) is 2.02. The van der Waals surface area contributed by atoms with Crippen molar-refractivity contribution in [3.8, 4) is 0 Å². The highest BCUT2D eigenvalue weighted by molar-refractivity contribution is 5.80. The Kier molecular flexibility index (Phi) is 5.87. The van der Waals surface area contributed by atoms with Crippen LogP contribution in [0.5, 0.6) is 0 Å². The molecular weight excluding hydrogens is 214 g/mol. The number of nitrogens with zero attached hydrogens (tertiary/aromatic N) is 3. The highest BCUT2D eigenvalue weighted by atomic mass is 16.1. The highest BCUT2D eigenvalue weighted by Crippen LogP contribution is 2.11. The first-order chi connectivity index (χ1) is 8.19. The number of hydrogen-bond donors (Lipinski definition) is 0. The molecule has 0 saturated heterocycles. The van der Waals surface area contributed by atoms with Crippen LogP contribution in [-0.4, -0.2) is 20.8 Å². The van der Waals surface area contributed by atoms with Crippen molar-refractivity contribution in [1.82, 2.24) is 15.0 Å². The third-order valence-corrected chi connectivity index (χ3v) is 3.12. The van der Waals surface area contributed by atoms with Crippen LogP contribution in [0.25, 0.3) is 0 Å². The van der Waals surface area contributed by atoms with Crippen molar-refractivity contribution in [3.05, 3.63) is 11.9 Å². The van der Waals surface area contributed by atoms with Crippen molar-refractivity contribution in [2.75, 3.05) is 0 Å². The van der Waals surface area contributed by atoms with Crippen LogP contribution in [0.3, 0.4) is 0 Å². The van der Waals surface area contributed by atoms with Crippen LogP contribution in [-0.2, 0) is 17.8 Å². The zero-order chi connectivity index (χ0) is 12.7. The number of carbonyl (C=O) groups is 1. The standard InChI is InChI=1S/C13H23N3O/c1-4-7-11(3)13(17)9-6-8-12-10-14-15-16(12)5-2/h10-11H,4-9H2,1-3H3. The molecule has 0 N–H and O–H groups in total. The Morgan fingerprint density at radius 3 is 2.88 bits per heavy atom. The van der Waals surface area contributed by atoms with E-state index in [2.05, 4.69) is 17.2 Å². The molecule has 1 aromatic rings. The lowest BCUT2D eigenvalue weighted by atomic mass is 9.97. The van der Waals surface area contributed by atoms with Crippen molar-refractivity contribution < 1.29 is 4.79 Å². The Labute approximate surface area is 103 Å². The lowest BCUT2D eigenvalue weighted by Crippen LogP contribution is -2.11. The van der Waals surface area contributed by atoms with Crippen LogP contribution in [0.15, 0.2) is 6.20 Å². The molecule has 4 nitrogen and oxygen atoms in total. The maximum Gasteiger partial charge on any atom is 0.135 e. The predicted molar refractivity (Wildman–Crippen MR) is 67.7 cm³/mol. The molecule has 0 aliphatic heterocycles. The molecule has 0 fully saturated rings. The zero-order valence-corrected chi connectivity index (χ0v) is 11.1. The second-order valence-electron chi connectivity index (χ2n) is 4.55. The molecule has 17 heavy (non-hydrogen) atoms. The van der Waals surface area contributed by atoms with Gasteiger partial charge in [-0.25, -0.2) is 4.68 Å². The molecule has 1 heterocycles. The number of hydrogen-bond acceptors (Lipinski definition) is 3.